The van der Waals surface area contributed by atoms with Crippen LogP contribution in [0.2, 0.25) is 0 Å². The molecule has 1 aliphatic carbocycles. The van der Waals surface area contributed by atoms with Crippen LogP contribution in [-0.2, 0) is 22.5 Å². The van der Waals surface area contributed by atoms with Gasteiger partial charge in [-0.2, -0.15) is 0 Å². The van der Waals surface area contributed by atoms with Crippen molar-refractivity contribution >= 4 is 11.7 Å². The second kappa shape index (κ2) is 9.18. The second-order valence-corrected chi connectivity index (χ2v) is 8.25. The minimum Gasteiger partial charge on any atom is -0.384 e. The van der Waals surface area contributed by atoms with Crippen molar-refractivity contribution in [1.82, 2.24) is 19.8 Å². The van der Waals surface area contributed by atoms with Gasteiger partial charge in [0.05, 0.1) is 25.3 Å². The van der Waals surface area contributed by atoms with E-state index in [0.717, 1.165) is 56.7 Å². The lowest BCUT2D eigenvalue weighted by molar-refractivity contribution is -0.133. The van der Waals surface area contributed by atoms with Gasteiger partial charge in [-0.05, 0) is 19.3 Å². The van der Waals surface area contributed by atoms with Gasteiger partial charge in [0.2, 0.25) is 5.91 Å². The van der Waals surface area contributed by atoms with E-state index in [2.05, 4.69) is 19.8 Å². The molecule has 1 aromatic rings. The zero-order valence-corrected chi connectivity index (χ0v) is 17.1. The molecule has 154 valence electrons. The highest BCUT2D eigenvalue weighted by Crippen LogP contribution is 2.28. The van der Waals surface area contributed by atoms with E-state index < -0.39 is 0 Å². The van der Waals surface area contributed by atoms with Crippen LogP contribution in [0.3, 0.4) is 0 Å². The van der Waals surface area contributed by atoms with Crippen molar-refractivity contribution in [3.8, 4) is 0 Å². The predicted octanol–water partition coefficient (Wildman–Crippen LogP) is 1.85. The van der Waals surface area contributed by atoms with Gasteiger partial charge in [-0.1, -0.05) is 19.3 Å². The lowest BCUT2D eigenvalue weighted by atomic mass is 9.94. The van der Waals surface area contributed by atoms with Gasteiger partial charge >= 0.3 is 0 Å². The van der Waals surface area contributed by atoms with Crippen molar-refractivity contribution in [2.75, 3.05) is 51.3 Å². The summed E-state index contributed by atoms with van der Waals surface area (Å²) in [5.41, 5.74) is 2.25. The highest BCUT2D eigenvalue weighted by Gasteiger charge is 2.29. The van der Waals surface area contributed by atoms with Gasteiger partial charge in [0.25, 0.3) is 0 Å². The molecule has 0 atom stereocenters. The van der Waals surface area contributed by atoms with Crippen molar-refractivity contribution in [1.29, 1.82) is 0 Å². The number of ether oxygens (including phenoxy) is 1. The lowest BCUT2D eigenvalue weighted by Crippen LogP contribution is -2.51. The van der Waals surface area contributed by atoms with E-state index in [1.807, 2.05) is 4.90 Å². The number of methoxy groups -OCH3 is 1. The summed E-state index contributed by atoms with van der Waals surface area (Å²) in [6, 6.07) is 0.793. The number of hydrogen-bond acceptors (Lipinski definition) is 6. The van der Waals surface area contributed by atoms with Crippen molar-refractivity contribution in [2.24, 2.45) is 0 Å². The minimum atomic E-state index is 0.147. The van der Waals surface area contributed by atoms with Crippen molar-refractivity contribution in [2.45, 2.75) is 57.5 Å². The van der Waals surface area contributed by atoms with E-state index in [0.29, 0.717) is 19.6 Å². The zero-order valence-electron chi connectivity index (χ0n) is 17.1. The lowest BCUT2D eigenvalue weighted by Gasteiger charge is -2.42. The molecule has 4 rings (SSSR count). The maximum Gasteiger partial charge on any atom is 0.225 e. The number of rotatable bonds is 5. The fourth-order valence-corrected chi connectivity index (χ4v) is 4.92. The molecule has 0 spiro atoms. The predicted molar refractivity (Wildman–Crippen MR) is 108 cm³/mol. The Labute approximate surface area is 168 Å². The third-order valence-electron chi connectivity index (χ3n) is 6.56. The highest BCUT2D eigenvalue weighted by atomic mass is 16.5. The van der Waals surface area contributed by atoms with Crippen molar-refractivity contribution < 1.29 is 9.53 Å². The maximum atomic E-state index is 12.3. The van der Waals surface area contributed by atoms with E-state index in [1.54, 1.807) is 13.4 Å². The van der Waals surface area contributed by atoms with E-state index in [-0.39, 0.29) is 5.91 Å². The number of fused-ring (bicyclic) bond motifs is 1. The summed E-state index contributed by atoms with van der Waals surface area (Å²) < 4.78 is 5.04. The normalized spacial score (nSPS) is 21.6. The Balaban J connectivity index is 1.38. The Morgan fingerprint density at radius 1 is 1.11 bits per heavy atom. The summed E-state index contributed by atoms with van der Waals surface area (Å²) in [5, 5.41) is 0. The maximum absolute atomic E-state index is 12.3. The van der Waals surface area contributed by atoms with Crippen LogP contribution in [0.4, 0.5) is 5.82 Å². The molecule has 2 aliphatic heterocycles. The van der Waals surface area contributed by atoms with Crippen LogP contribution < -0.4 is 4.90 Å². The quantitative estimate of drug-likeness (QED) is 0.768. The van der Waals surface area contributed by atoms with Crippen LogP contribution in [0.1, 0.15) is 49.8 Å². The van der Waals surface area contributed by atoms with Crippen LogP contribution in [0.5, 0.6) is 0 Å². The number of amides is 1. The fourth-order valence-electron chi connectivity index (χ4n) is 4.92. The number of nitrogens with zero attached hydrogens (tertiary/aromatic N) is 5. The molecule has 3 aliphatic rings. The topological polar surface area (TPSA) is 61.8 Å². The molecule has 0 aromatic carbocycles. The molecule has 0 radical (unpaired) electrons. The smallest absolute Gasteiger partial charge is 0.225 e. The Morgan fingerprint density at radius 3 is 2.64 bits per heavy atom. The van der Waals surface area contributed by atoms with Crippen LogP contribution in [0, 0.1) is 0 Å². The monoisotopic (exact) mass is 387 g/mol. The summed E-state index contributed by atoms with van der Waals surface area (Å²) in [5.74, 6) is 1.24. The van der Waals surface area contributed by atoms with Crippen LogP contribution in [0.25, 0.3) is 0 Å². The van der Waals surface area contributed by atoms with Gasteiger partial charge in [0, 0.05) is 51.4 Å². The summed E-state index contributed by atoms with van der Waals surface area (Å²) in [4.78, 5) is 28.5. The molecule has 1 amide bonds. The first-order chi connectivity index (χ1) is 13.8. The fraction of sp³-hybridized carbons (Fsp3) is 0.762. The molecule has 1 saturated heterocycles. The van der Waals surface area contributed by atoms with Gasteiger partial charge < -0.3 is 14.5 Å². The summed E-state index contributed by atoms with van der Waals surface area (Å²) >= 11 is 0. The molecule has 2 fully saturated rings. The molecule has 0 bridgehead atoms. The molecule has 1 saturated carbocycles. The molecule has 7 nitrogen and oxygen atoms in total. The average molecular weight is 388 g/mol. The van der Waals surface area contributed by atoms with Crippen LogP contribution in [0.15, 0.2) is 6.33 Å². The first-order valence-electron chi connectivity index (χ1n) is 10.8. The van der Waals surface area contributed by atoms with Gasteiger partial charge in [-0.15, -0.1) is 0 Å². The third-order valence-corrected chi connectivity index (χ3v) is 6.56. The van der Waals surface area contributed by atoms with Gasteiger partial charge in [-0.3, -0.25) is 9.69 Å². The van der Waals surface area contributed by atoms with Gasteiger partial charge in [-0.25, -0.2) is 9.97 Å². The Bertz CT molecular complexity index is 669. The summed E-state index contributed by atoms with van der Waals surface area (Å²) in [6.07, 6.45) is 9.89. The Morgan fingerprint density at radius 2 is 1.89 bits per heavy atom. The van der Waals surface area contributed by atoms with Crippen molar-refractivity contribution in [3.63, 3.8) is 0 Å². The van der Waals surface area contributed by atoms with Crippen LogP contribution >= 0.6 is 0 Å². The number of carbonyl (C=O) groups is 1. The Hall–Kier alpha value is -1.73. The number of carbonyl (C=O) groups excluding carboxylic acids is 1. The summed E-state index contributed by atoms with van der Waals surface area (Å²) in [7, 11) is 1.63. The zero-order chi connectivity index (χ0) is 19.3. The number of piperazine rings is 1. The second-order valence-electron chi connectivity index (χ2n) is 8.25. The minimum absolute atomic E-state index is 0.147. The Kier molecular flexibility index (Phi) is 6.42. The molecule has 0 unspecified atom stereocenters. The first-order valence-corrected chi connectivity index (χ1v) is 10.8. The molecule has 1 aromatic heterocycles. The van der Waals surface area contributed by atoms with E-state index in [4.69, 9.17) is 4.74 Å². The SMILES string of the molecule is COCCC(=O)N1CCc2c(ncnc2N2CCN(C3CCCCC3)CC2)C1. The average Bonchev–Trinajstić information content (AvgIpc) is 2.77. The molecule has 0 N–H and O–H groups in total. The number of aromatic nitrogens is 2. The molecular formula is C21H33N5O2. The standard InChI is InChI=1S/C21H33N5O2/c1-28-14-8-20(27)26-9-7-18-19(15-26)22-16-23-21(18)25-12-10-24(11-13-25)17-5-3-2-4-6-17/h16-17H,2-15H2,1H3. The number of anilines is 1. The third kappa shape index (κ3) is 4.30. The summed E-state index contributed by atoms with van der Waals surface area (Å²) in [6.45, 7) is 6.15. The van der Waals surface area contributed by atoms with Gasteiger partial charge in [0.15, 0.2) is 0 Å². The van der Waals surface area contributed by atoms with E-state index >= 15 is 0 Å². The largest absolute Gasteiger partial charge is 0.384 e. The first kappa shape index (κ1) is 19.6. The van der Waals surface area contributed by atoms with Gasteiger partial charge in [0.1, 0.15) is 12.1 Å². The molecule has 7 heteroatoms. The molecule has 28 heavy (non-hydrogen) atoms. The molecule has 3 heterocycles. The number of hydrogen-bond donors (Lipinski definition) is 0. The highest BCUT2D eigenvalue weighted by molar-refractivity contribution is 5.76. The van der Waals surface area contributed by atoms with E-state index in [9.17, 15) is 4.79 Å². The van der Waals surface area contributed by atoms with E-state index in [1.165, 1.54) is 37.7 Å². The molecular weight excluding hydrogens is 354 g/mol. The van der Waals surface area contributed by atoms with Crippen molar-refractivity contribution in [3.05, 3.63) is 17.6 Å². The van der Waals surface area contributed by atoms with Crippen LogP contribution in [-0.4, -0.2) is 78.2 Å².